The minimum Gasteiger partial charge on any atom is -0.355 e. The van der Waals surface area contributed by atoms with Gasteiger partial charge in [0, 0.05) is 18.8 Å². The molecule has 0 aliphatic carbocycles. The molecule has 3 aromatic rings. The number of rotatable bonds is 6. The van der Waals surface area contributed by atoms with E-state index < -0.39 is 34.6 Å². The van der Waals surface area contributed by atoms with Crippen molar-refractivity contribution in [3.05, 3.63) is 61.9 Å². The van der Waals surface area contributed by atoms with Crippen LogP contribution < -0.4 is 15.5 Å². The maximum absolute atomic E-state index is 13.1. The number of thiazole rings is 1. The average Bonchev–Trinajstić information content (AvgIpc) is 3.52. The van der Waals surface area contributed by atoms with Gasteiger partial charge in [0.25, 0.3) is 11.8 Å². The Balaban J connectivity index is 1.43. The van der Waals surface area contributed by atoms with Gasteiger partial charge in [-0.25, -0.2) is 15.0 Å². The lowest BCUT2D eigenvalue weighted by molar-refractivity contribution is -0.137. The van der Waals surface area contributed by atoms with E-state index in [-0.39, 0.29) is 21.3 Å². The number of hydrogen-bond donors (Lipinski definition) is 2. The van der Waals surface area contributed by atoms with Crippen LogP contribution in [0.3, 0.4) is 0 Å². The first-order valence-electron chi connectivity index (χ1n) is 10.7. The number of aromatic nitrogens is 3. The van der Waals surface area contributed by atoms with E-state index in [4.69, 9.17) is 23.2 Å². The van der Waals surface area contributed by atoms with Gasteiger partial charge in [-0.05, 0) is 38.0 Å². The number of anilines is 2. The molecule has 1 atom stereocenters. The van der Waals surface area contributed by atoms with E-state index >= 15 is 0 Å². The third kappa shape index (κ3) is 5.71. The summed E-state index contributed by atoms with van der Waals surface area (Å²) < 4.78 is 39.2. The van der Waals surface area contributed by atoms with E-state index in [0.29, 0.717) is 10.8 Å². The van der Waals surface area contributed by atoms with Crippen molar-refractivity contribution in [2.24, 2.45) is 0 Å². The summed E-state index contributed by atoms with van der Waals surface area (Å²) in [5.74, 6) is -0.676. The summed E-state index contributed by atoms with van der Waals surface area (Å²) in [6, 6.07) is 2.48. The van der Waals surface area contributed by atoms with Crippen molar-refractivity contribution in [2.45, 2.75) is 32.0 Å². The Bertz CT molecular complexity index is 1300. The third-order valence-corrected chi connectivity index (χ3v) is 7.24. The molecule has 2 aromatic heterocycles. The van der Waals surface area contributed by atoms with E-state index in [0.717, 1.165) is 49.4 Å². The predicted molar refractivity (Wildman–Crippen MR) is 131 cm³/mol. The summed E-state index contributed by atoms with van der Waals surface area (Å²) in [4.78, 5) is 39.9. The normalized spacial score (nSPS) is 14.6. The van der Waals surface area contributed by atoms with Crippen molar-refractivity contribution in [2.75, 3.05) is 23.3 Å². The quantitative estimate of drug-likeness (QED) is 0.408. The molecule has 1 fully saturated rings. The Morgan fingerprint density at radius 1 is 1.11 bits per heavy atom. The largest absolute Gasteiger partial charge is 0.417 e. The SMILES string of the molecule is CC(NC(=O)c1ncnc(N2CCCC2)c1Cl)c1ncc(C(=O)Nc2ccc(Cl)c(C(F)(F)F)c2)s1. The molecule has 3 heterocycles. The Hall–Kier alpha value is -2.96. The van der Waals surface area contributed by atoms with Crippen LogP contribution in [-0.2, 0) is 6.18 Å². The monoisotopic (exact) mass is 558 g/mol. The standard InChI is InChI=1S/C22H19Cl2F3N6O2S/c1-11(31-20(35)17-16(24)18(30-10-29-17)33-6-2-3-7-33)21-28-9-15(36-21)19(34)32-12-4-5-14(23)13(8-12)22(25,26)27/h4-5,8-11H,2-3,6-7H2,1H3,(H,31,35)(H,32,34). The maximum atomic E-state index is 13.1. The van der Waals surface area contributed by atoms with Gasteiger partial charge in [0.1, 0.15) is 21.2 Å². The summed E-state index contributed by atoms with van der Waals surface area (Å²) in [6.45, 7) is 3.26. The van der Waals surface area contributed by atoms with E-state index in [2.05, 4.69) is 25.6 Å². The van der Waals surface area contributed by atoms with Crippen LogP contribution >= 0.6 is 34.5 Å². The van der Waals surface area contributed by atoms with Crippen molar-refractivity contribution in [1.29, 1.82) is 0 Å². The van der Waals surface area contributed by atoms with Gasteiger partial charge in [-0.3, -0.25) is 9.59 Å². The third-order valence-electron chi connectivity index (χ3n) is 5.39. The van der Waals surface area contributed by atoms with Crippen LogP contribution in [0.25, 0.3) is 0 Å². The van der Waals surface area contributed by atoms with Crippen LogP contribution in [0.5, 0.6) is 0 Å². The zero-order chi connectivity index (χ0) is 26.0. The number of carbonyl (C=O) groups excluding carboxylic acids is 2. The molecule has 1 unspecified atom stereocenters. The van der Waals surface area contributed by atoms with Crippen LogP contribution in [0.4, 0.5) is 24.7 Å². The van der Waals surface area contributed by atoms with Crippen molar-refractivity contribution >= 4 is 57.9 Å². The van der Waals surface area contributed by atoms with Gasteiger partial charge in [0.05, 0.1) is 22.8 Å². The van der Waals surface area contributed by atoms with Crippen LogP contribution in [0.1, 0.15) is 56.5 Å². The van der Waals surface area contributed by atoms with Gasteiger partial charge >= 0.3 is 6.18 Å². The Kier molecular flexibility index (Phi) is 7.67. The molecule has 4 rings (SSSR count). The number of halogens is 5. The fourth-order valence-corrected chi connectivity index (χ4v) is 4.94. The van der Waals surface area contributed by atoms with Crippen LogP contribution in [0.15, 0.2) is 30.7 Å². The first kappa shape index (κ1) is 26.1. The topological polar surface area (TPSA) is 100 Å². The van der Waals surface area contributed by atoms with Gasteiger partial charge in [-0.2, -0.15) is 13.2 Å². The van der Waals surface area contributed by atoms with Crippen molar-refractivity contribution < 1.29 is 22.8 Å². The highest BCUT2D eigenvalue weighted by Crippen LogP contribution is 2.36. The number of hydrogen-bond acceptors (Lipinski definition) is 7. The van der Waals surface area contributed by atoms with Crippen molar-refractivity contribution in [3.63, 3.8) is 0 Å². The molecule has 2 N–H and O–H groups in total. The van der Waals surface area contributed by atoms with Crippen molar-refractivity contribution in [1.82, 2.24) is 20.3 Å². The minimum atomic E-state index is -4.66. The summed E-state index contributed by atoms with van der Waals surface area (Å²) in [5.41, 5.74) is -1.10. The van der Waals surface area contributed by atoms with Crippen LogP contribution in [0.2, 0.25) is 10.0 Å². The van der Waals surface area contributed by atoms with Crippen molar-refractivity contribution in [3.8, 4) is 0 Å². The van der Waals surface area contributed by atoms with Gasteiger partial charge in [0.15, 0.2) is 11.5 Å². The van der Waals surface area contributed by atoms with Gasteiger partial charge in [-0.15, -0.1) is 11.3 Å². The maximum Gasteiger partial charge on any atom is 0.417 e. The minimum absolute atomic E-state index is 0.0261. The van der Waals surface area contributed by atoms with E-state index in [9.17, 15) is 22.8 Å². The van der Waals surface area contributed by atoms with E-state index in [1.165, 1.54) is 18.6 Å². The molecule has 1 saturated heterocycles. The van der Waals surface area contributed by atoms with E-state index in [1.54, 1.807) is 6.92 Å². The molecule has 0 spiro atoms. The Labute approximate surface area is 217 Å². The number of amides is 2. The average molecular weight is 559 g/mol. The number of nitrogens with zero attached hydrogens (tertiary/aromatic N) is 4. The van der Waals surface area contributed by atoms with Gasteiger partial charge in [0.2, 0.25) is 0 Å². The zero-order valence-electron chi connectivity index (χ0n) is 18.7. The fraction of sp³-hybridized carbons (Fsp3) is 0.318. The summed E-state index contributed by atoms with van der Waals surface area (Å²) >= 11 is 13.0. The molecule has 8 nitrogen and oxygen atoms in total. The first-order chi connectivity index (χ1) is 17.0. The smallest absolute Gasteiger partial charge is 0.355 e. The zero-order valence-corrected chi connectivity index (χ0v) is 21.0. The fourth-order valence-electron chi connectivity index (χ4n) is 3.60. The molecule has 190 valence electrons. The second kappa shape index (κ2) is 10.6. The van der Waals surface area contributed by atoms with Crippen LogP contribution in [-0.4, -0.2) is 39.9 Å². The Morgan fingerprint density at radius 2 is 1.83 bits per heavy atom. The number of carbonyl (C=O) groups is 2. The highest BCUT2D eigenvalue weighted by atomic mass is 35.5. The van der Waals surface area contributed by atoms with Crippen LogP contribution in [0, 0.1) is 0 Å². The molecule has 0 saturated carbocycles. The molecule has 0 radical (unpaired) electrons. The molecule has 14 heteroatoms. The highest BCUT2D eigenvalue weighted by Gasteiger charge is 2.33. The van der Waals surface area contributed by atoms with Gasteiger partial charge < -0.3 is 15.5 Å². The molecule has 36 heavy (non-hydrogen) atoms. The molecule has 1 aromatic carbocycles. The molecular formula is C22H19Cl2F3N6O2S. The predicted octanol–water partition coefficient (Wildman–Crippen LogP) is 5.60. The molecule has 2 amide bonds. The summed E-state index contributed by atoms with van der Waals surface area (Å²) in [6.07, 6.45) is -0.0702. The molecular weight excluding hydrogens is 540 g/mol. The highest BCUT2D eigenvalue weighted by molar-refractivity contribution is 7.13. The molecule has 1 aliphatic heterocycles. The number of benzene rings is 1. The molecule has 0 bridgehead atoms. The second-order valence-electron chi connectivity index (χ2n) is 7.96. The summed E-state index contributed by atoms with van der Waals surface area (Å²) in [5, 5.41) is 5.25. The second-order valence-corrected chi connectivity index (χ2v) is 9.81. The number of alkyl halides is 3. The van der Waals surface area contributed by atoms with Gasteiger partial charge in [-0.1, -0.05) is 23.2 Å². The lowest BCUT2D eigenvalue weighted by Gasteiger charge is -2.19. The lowest BCUT2D eigenvalue weighted by Crippen LogP contribution is -2.29. The number of nitrogens with one attached hydrogen (secondary N) is 2. The molecule has 1 aliphatic rings. The first-order valence-corrected chi connectivity index (χ1v) is 12.3. The summed E-state index contributed by atoms with van der Waals surface area (Å²) in [7, 11) is 0. The Morgan fingerprint density at radius 3 is 2.53 bits per heavy atom. The van der Waals surface area contributed by atoms with E-state index in [1.807, 2.05) is 4.90 Å². The lowest BCUT2D eigenvalue weighted by atomic mass is 10.2.